The molecule has 5 nitrogen and oxygen atoms in total. The number of rotatable bonds is 2. The lowest BCUT2D eigenvalue weighted by atomic mass is 10.1. The fraction of sp³-hybridized carbons (Fsp3) is 0.100. The Kier molecular flexibility index (Phi) is 3.01. The molecular weight excluding hydrogens is 243 g/mol. The van der Waals surface area contributed by atoms with Crippen LogP contribution < -0.4 is 11.1 Å². The Morgan fingerprint density at radius 2 is 2.29 bits per heavy atom. The molecule has 0 unspecified atom stereocenters. The number of nitrogens with zero attached hydrogens (tertiary/aromatic N) is 2. The summed E-state index contributed by atoms with van der Waals surface area (Å²) >= 11 is 1.18. The van der Waals surface area contributed by atoms with E-state index in [2.05, 4.69) is 15.5 Å². The summed E-state index contributed by atoms with van der Waals surface area (Å²) in [4.78, 5) is 11.7. The van der Waals surface area contributed by atoms with Crippen molar-refractivity contribution >= 4 is 28.1 Å². The van der Waals surface area contributed by atoms with E-state index in [1.165, 1.54) is 22.9 Å². The minimum Gasteiger partial charge on any atom is -0.398 e. The summed E-state index contributed by atoms with van der Waals surface area (Å²) in [5.74, 6) is -0.972. The van der Waals surface area contributed by atoms with Gasteiger partial charge in [-0.15, -0.1) is 10.2 Å². The largest absolute Gasteiger partial charge is 0.398 e. The van der Waals surface area contributed by atoms with Gasteiger partial charge in [0.25, 0.3) is 5.91 Å². The number of nitrogens with two attached hydrogens (primary N) is 1. The van der Waals surface area contributed by atoms with Crippen molar-refractivity contribution in [3.63, 3.8) is 0 Å². The number of anilines is 2. The monoisotopic (exact) mass is 252 g/mol. The van der Waals surface area contributed by atoms with E-state index in [4.69, 9.17) is 5.73 Å². The highest BCUT2D eigenvalue weighted by atomic mass is 32.1. The summed E-state index contributed by atoms with van der Waals surface area (Å²) < 4.78 is 13.4. The standard InChI is InChI=1S/C10H9FN4OS/c1-5-7(11)2-6(3-8(5)12)9(16)14-10-15-13-4-17-10/h2-4H,12H2,1H3,(H,14,15,16). The maximum Gasteiger partial charge on any atom is 0.257 e. The molecule has 0 saturated carbocycles. The van der Waals surface area contributed by atoms with E-state index in [-0.39, 0.29) is 11.3 Å². The first kappa shape index (κ1) is 11.5. The van der Waals surface area contributed by atoms with Crippen LogP contribution >= 0.6 is 11.3 Å². The van der Waals surface area contributed by atoms with E-state index in [9.17, 15) is 9.18 Å². The van der Waals surface area contributed by atoms with Crippen LogP contribution in [0.5, 0.6) is 0 Å². The van der Waals surface area contributed by atoms with E-state index in [0.29, 0.717) is 10.7 Å². The van der Waals surface area contributed by atoms with Crippen molar-refractivity contribution in [1.82, 2.24) is 10.2 Å². The number of aromatic nitrogens is 2. The summed E-state index contributed by atoms with van der Waals surface area (Å²) in [5, 5.41) is 10.1. The van der Waals surface area contributed by atoms with Gasteiger partial charge in [-0.1, -0.05) is 11.3 Å². The van der Waals surface area contributed by atoms with Gasteiger partial charge in [0.05, 0.1) is 0 Å². The van der Waals surface area contributed by atoms with Crippen molar-refractivity contribution in [2.45, 2.75) is 6.92 Å². The third kappa shape index (κ3) is 2.39. The van der Waals surface area contributed by atoms with Crippen molar-refractivity contribution in [1.29, 1.82) is 0 Å². The van der Waals surface area contributed by atoms with Crippen LogP contribution in [0.3, 0.4) is 0 Å². The van der Waals surface area contributed by atoms with E-state index >= 15 is 0 Å². The number of halogens is 1. The van der Waals surface area contributed by atoms with Gasteiger partial charge in [0.15, 0.2) is 0 Å². The van der Waals surface area contributed by atoms with Gasteiger partial charge >= 0.3 is 0 Å². The number of carbonyl (C=O) groups is 1. The van der Waals surface area contributed by atoms with Gasteiger partial charge in [-0.25, -0.2) is 4.39 Å². The molecule has 1 heterocycles. The van der Waals surface area contributed by atoms with Crippen LogP contribution in [0.25, 0.3) is 0 Å². The average Bonchev–Trinajstić information content (AvgIpc) is 2.77. The Labute approximate surface area is 100 Å². The molecule has 0 aliphatic rings. The molecule has 0 bridgehead atoms. The molecule has 17 heavy (non-hydrogen) atoms. The number of nitrogens with one attached hydrogen (secondary N) is 1. The number of amides is 1. The van der Waals surface area contributed by atoms with Crippen molar-refractivity contribution in [2.24, 2.45) is 0 Å². The zero-order valence-electron chi connectivity index (χ0n) is 8.90. The second kappa shape index (κ2) is 4.46. The van der Waals surface area contributed by atoms with Gasteiger partial charge in [0.2, 0.25) is 5.13 Å². The Balaban J connectivity index is 2.26. The van der Waals surface area contributed by atoms with Crippen LogP contribution in [0.1, 0.15) is 15.9 Å². The molecule has 0 spiro atoms. The fourth-order valence-electron chi connectivity index (χ4n) is 1.23. The van der Waals surface area contributed by atoms with Crippen LogP contribution in [0.4, 0.5) is 15.2 Å². The molecule has 0 radical (unpaired) electrons. The Morgan fingerprint density at radius 3 is 2.88 bits per heavy atom. The first-order chi connectivity index (χ1) is 8.08. The van der Waals surface area contributed by atoms with Gasteiger partial charge in [-0.05, 0) is 19.1 Å². The maximum absolute atomic E-state index is 13.4. The molecule has 2 aromatic rings. The normalized spacial score (nSPS) is 10.2. The van der Waals surface area contributed by atoms with Crippen molar-refractivity contribution < 1.29 is 9.18 Å². The lowest BCUT2D eigenvalue weighted by Gasteiger charge is -2.06. The number of benzene rings is 1. The van der Waals surface area contributed by atoms with Crippen LogP contribution in [0.2, 0.25) is 0 Å². The van der Waals surface area contributed by atoms with Gasteiger partial charge in [0.1, 0.15) is 11.3 Å². The molecule has 0 fully saturated rings. The smallest absolute Gasteiger partial charge is 0.257 e. The summed E-state index contributed by atoms with van der Waals surface area (Å²) in [6.07, 6.45) is 0. The molecule has 0 aliphatic heterocycles. The molecule has 88 valence electrons. The Morgan fingerprint density at radius 1 is 1.53 bits per heavy atom. The average molecular weight is 252 g/mol. The second-order valence-electron chi connectivity index (χ2n) is 3.37. The van der Waals surface area contributed by atoms with Gasteiger partial charge in [0, 0.05) is 16.8 Å². The highest BCUT2D eigenvalue weighted by Gasteiger charge is 2.12. The lowest BCUT2D eigenvalue weighted by molar-refractivity contribution is 0.102. The fourth-order valence-corrected chi connectivity index (χ4v) is 1.67. The molecule has 0 aliphatic carbocycles. The third-order valence-electron chi connectivity index (χ3n) is 2.23. The molecule has 0 atom stereocenters. The van der Waals surface area contributed by atoms with Crippen LogP contribution in [-0.2, 0) is 0 Å². The molecule has 2 rings (SSSR count). The molecule has 1 amide bonds. The number of carbonyl (C=O) groups excluding carboxylic acids is 1. The van der Waals surface area contributed by atoms with Gasteiger partial charge in [-0.3, -0.25) is 10.1 Å². The van der Waals surface area contributed by atoms with Gasteiger partial charge < -0.3 is 5.73 Å². The molecule has 3 N–H and O–H groups in total. The summed E-state index contributed by atoms with van der Waals surface area (Å²) in [5.41, 5.74) is 7.80. The van der Waals surface area contributed by atoms with Crippen LogP contribution in [0.15, 0.2) is 17.6 Å². The lowest BCUT2D eigenvalue weighted by Crippen LogP contribution is -2.13. The molecular formula is C10H9FN4OS. The van der Waals surface area contributed by atoms with Crippen LogP contribution in [0, 0.1) is 12.7 Å². The third-order valence-corrected chi connectivity index (χ3v) is 2.83. The van der Waals surface area contributed by atoms with E-state index < -0.39 is 11.7 Å². The Hall–Kier alpha value is -2.02. The van der Waals surface area contributed by atoms with Crippen molar-refractivity contribution in [3.8, 4) is 0 Å². The minimum absolute atomic E-state index is 0.154. The van der Waals surface area contributed by atoms with E-state index in [1.54, 1.807) is 6.92 Å². The molecule has 7 heteroatoms. The predicted molar refractivity (Wildman–Crippen MR) is 63.4 cm³/mol. The first-order valence-corrected chi connectivity index (χ1v) is 5.59. The maximum atomic E-state index is 13.4. The molecule has 1 aromatic heterocycles. The van der Waals surface area contributed by atoms with Crippen molar-refractivity contribution in [2.75, 3.05) is 11.1 Å². The molecule has 1 aromatic carbocycles. The first-order valence-electron chi connectivity index (χ1n) is 4.71. The summed E-state index contributed by atoms with van der Waals surface area (Å²) in [6, 6.07) is 2.57. The quantitative estimate of drug-likeness (QED) is 0.799. The summed E-state index contributed by atoms with van der Waals surface area (Å²) in [7, 11) is 0. The zero-order chi connectivity index (χ0) is 12.4. The van der Waals surface area contributed by atoms with E-state index in [0.717, 1.165) is 6.07 Å². The predicted octanol–water partition coefficient (Wildman–Crippen LogP) is 1.82. The van der Waals surface area contributed by atoms with E-state index in [1.807, 2.05) is 0 Å². The molecule has 0 saturated heterocycles. The number of hydrogen-bond donors (Lipinski definition) is 2. The highest BCUT2D eigenvalue weighted by molar-refractivity contribution is 7.13. The minimum atomic E-state index is -0.507. The highest BCUT2D eigenvalue weighted by Crippen LogP contribution is 2.19. The Bertz CT molecular complexity index is 532. The van der Waals surface area contributed by atoms with Crippen LogP contribution in [-0.4, -0.2) is 16.1 Å². The topological polar surface area (TPSA) is 80.9 Å². The number of nitrogen functional groups attached to an aromatic ring is 1. The summed E-state index contributed by atoms with van der Waals surface area (Å²) in [6.45, 7) is 1.55. The SMILES string of the molecule is Cc1c(N)cc(C(=O)Nc2nncs2)cc1F. The number of hydrogen-bond acceptors (Lipinski definition) is 5. The van der Waals surface area contributed by atoms with Crippen molar-refractivity contribution in [3.05, 3.63) is 34.6 Å². The second-order valence-corrected chi connectivity index (χ2v) is 4.20. The van der Waals surface area contributed by atoms with Gasteiger partial charge in [-0.2, -0.15) is 0 Å². The zero-order valence-corrected chi connectivity index (χ0v) is 9.71.